The van der Waals surface area contributed by atoms with Gasteiger partial charge in [0, 0.05) is 17.8 Å². The van der Waals surface area contributed by atoms with Gasteiger partial charge >= 0.3 is 0 Å². The Bertz CT molecular complexity index is 1190. The molecule has 156 valence electrons. The van der Waals surface area contributed by atoms with Crippen LogP contribution in [0.2, 0.25) is 0 Å². The van der Waals surface area contributed by atoms with Gasteiger partial charge in [-0.15, -0.1) is 0 Å². The molecule has 0 saturated carbocycles. The molecule has 1 saturated heterocycles. The number of nitro benzene ring substituents is 1. The lowest BCUT2D eigenvalue weighted by Gasteiger charge is -2.23. The van der Waals surface area contributed by atoms with Gasteiger partial charge in [0.15, 0.2) is 4.32 Å². The first-order chi connectivity index (χ1) is 14.8. The Labute approximate surface area is 188 Å². The van der Waals surface area contributed by atoms with Crippen molar-refractivity contribution in [1.82, 2.24) is 4.90 Å². The molecule has 0 radical (unpaired) electrons. The number of para-hydroxylation sites is 1. The van der Waals surface area contributed by atoms with Crippen molar-refractivity contribution in [3.05, 3.63) is 86.5 Å². The van der Waals surface area contributed by atoms with E-state index in [1.54, 1.807) is 23.1 Å². The van der Waals surface area contributed by atoms with Crippen molar-refractivity contribution in [2.24, 2.45) is 0 Å². The largest absolute Gasteiger partial charge is 0.300 e. The summed E-state index contributed by atoms with van der Waals surface area (Å²) in [5, 5.41) is 11.0. The minimum absolute atomic E-state index is 0.0684. The third kappa shape index (κ3) is 3.66. The van der Waals surface area contributed by atoms with Gasteiger partial charge in [0.25, 0.3) is 17.5 Å². The maximum Gasteiger partial charge on any atom is 0.275 e. The van der Waals surface area contributed by atoms with Crippen LogP contribution in [0.1, 0.15) is 19.4 Å². The van der Waals surface area contributed by atoms with E-state index in [1.807, 2.05) is 44.2 Å². The van der Waals surface area contributed by atoms with Crippen LogP contribution in [0.5, 0.6) is 0 Å². The molecule has 2 aromatic carbocycles. The zero-order chi connectivity index (χ0) is 22.3. The number of nitro groups is 1. The summed E-state index contributed by atoms with van der Waals surface area (Å²) in [6.07, 6.45) is 1.56. The van der Waals surface area contributed by atoms with Gasteiger partial charge < -0.3 is 4.90 Å². The molecule has 7 nitrogen and oxygen atoms in total. The average molecular weight is 452 g/mol. The van der Waals surface area contributed by atoms with Crippen molar-refractivity contribution in [2.45, 2.75) is 19.9 Å². The number of rotatable bonds is 4. The van der Waals surface area contributed by atoms with Gasteiger partial charge in [0.05, 0.1) is 15.9 Å². The zero-order valence-electron chi connectivity index (χ0n) is 16.6. The summed E-state index contributed by atoms with van der Waals surface area (Å²) in [6.45, 7) is 3.73. The van der Waals surface area contributed by atoms with Gasteiger partial charge in [-0.2, -0.15) is 0 Å². The smallest absolute Gasteiger partial charge is 0.275 e. The molecule has 0 spiro atoms. The maximum absolute atomic E-state index is 13.3. The molecule has 0 aromatic heterocycles. The number of carbonyl (C=O) groups is 2. The Kier molecular flexibility index (Phi) is 5.47. The Morgan fingerprint density at radius 1 is 1.10 bits per heavy atom. The van der Waals surface area contributed by atoms with Crippen LogP contribution in [0.3, 0.4) is 0 Å². The van der Waals surface area contributed by atoms with E-state index < -0.39 is 10.8 Å². The highest BCUT2D eigenvalue weighted by Crippen LogP contribution is 2.40. The van der Waals surface area contributed by atoms with E-state index in [0.29, 0.717) is 10.5 Å². The second-order valence-corrected chi connectivity index (χ2v) is 8.76. The molecule has 2 aliphatic heterocycles. The van der Waals surface area contributed by atoms with Crippen LogP contribution in [0.15, 0.2) is 70.8 Å². The van der Waals surface area contributed by atoms with Crippen molar-refractivity contribution in [1.29, 1.82) is 0 Å². The molecule has 0 unspecified atom stereocenters. The van der Waals surface area contributed by atoms with Gasteiger partial charge in [-0.1, -0.05) is 54.3 Å². The third-order valence-corrected chi connectivity index (χ3v) is 6.54. The zero-order valence-corrected chi connectivity index (χ0v) is 18.3. The fraction of sp³-hybridized carbons (Fsp3) is 0.136. The van der Waals surface area contributed by atoms with E-state index in [9.17, 15) is 19.7 Å². The molecule has 31 heavy (non-hydrogen) atoms. The van der Waals surface area contributed by atoms with Crippen LogP contribution >= 0.6 is 24.0 Å². The molecule has 2 amide bonds. The molecule has 2 heterocycles. The number of thiocarbonyl (C=S) groups is 1. The number of hydrogen-bond acceptors (Lipinski definition) is 6. The van der Waals surface area contributed by atoms with Crippen LogP contribution in [0, 0.1) is 10.1 Å². The topological polar surface area (TPSA) is 83.8 Å². The van der Waals surface area contributed by atoms with E-state index in [2.05, 4.69) is 0 Å². The molecule has 1 fully saturated rings. The Hall–Kier alpha value is -3.30. The summed E-state index contributed by atoms with van der Waals surface area (Å²) in [4.78, 5) is 40.2. The Balaban J connectivity index is 1.67. The molecule has 2 aromatic rings. The third-order valence-electron chi connectivity index (χ3n) is 5.24. The first-order valence-corrected chi connectivity index (χ1v) is 10.6. The number of carbonyl (C=O) groups excluding carboxylic acids is 2. The minimum Gasteiger partial charge on any atom is -0.300 e. The number of hydrogen-bond donors (Lipinski definition) is 0. The SMILES string of the molecule is CC1=C(N2C(=O)/C(=C\c3cccc([N+](=O)[O-])c3)SC2=S)C(=O)N(c2ccccc2)[C@H]1C. The summed E-state index contributed by atoms with van der Waals surface area (Å²) < 4.78 is 0.256. The van der Waals surface area contributed by atoms with E-state index in [-0.39, 0.29) is 27.7 Å². The first-order valence-electron chi connectivity index (χ1n) is 9.41. The lowest BCUT2D eigenvalue weighted by atomic mass is 10.1. The van der Waals surface area contributed by atoms with Crippen LogP contribution < -0.4 is 4.90 Å². The van der Waals surface area contributed by atoms with Crippen molar-refractivity contribution in [3.63, 3.8) is 0 Å². The Morgan fingerprint density at radius 2 is 1.81 bits per heavy atom. The van der Waals surface area contributed by atoms with E-state index in [4.69, 9.17) is 12.2 Å². The number of anilines is 1. The molecule has 2 aliphatic rings. The van der Waals surface area contributed by atoms with E-state index in [1.165, 1.54) is 17.0 Å². The highest BCUT2D eigenvalue weighted by molar-refractivity contribution is 8.26. The highest BCUT2D eigenvalue weighted by atomic mass is 32.2. The summed E-state index contributed by atoms with van der Waals surface area (Å²) in [5.41, 5.74) is 2.20. The number of non-ortho nitro benzene ring substituents is 1. The lowest BCUT2D eigenvalue weighted by Crippen LogP contribution is -2.37. The van der Waals surface area contributed by atoms with Crippen molar-refractivity contribution in [3.8, 4) is 0 Å². The normalized spacial score (nSPS) is 20.4. The fourth-order valence-corrected chi connectivity index (χ4v) is 4.86. The second-order valence-electron chi connectivity index (χ2n) is 7.09. The van der Waals surface area contributed by atoms with Gasteiger partial charge in [-0.3, -0.25) is 24.6 Å². The number of benzene rings is 2. The summed E-state index contributed by atoms with van der Waals surface area (Å²) in [7, 11) is 0. The van der Waals surface area contributed by atoms with Crippen LogP contribution in [-0.2, 0) is 9.59 Å². The summed E-state index contributed by atoms with van der Waals surface area (Å²) >= 11 is 6.50. The standard InChI is InChI=1S/C22H17N3O4S2/c1-13-14(2)23(16-8-4-3-5-9-16)21(27)19(13)24-20(26)18(31-22(24)30)12-15-7-6-10-17(11-15)25(28)29/h3-12,14H,1-2H3/b18-12+/t14-/m0/s1. The van der Waals surface area contributed by atoms with Gasteiger partial charge in [0.2, 0.25) is 0 Å². The Morgan fingerprint density at radius 3 is 2.48 bits per heavy atom. The van der Waals surface area contributed by atoms with Crippen molar-refractivity contribution < 1.29 is 14.5 Å². The predicted octanol–water partition coefficient (Wildman–Crippen LogP) is 4.51. The maximum atomic E-state index is 13.3. The first kappa shape index (κ1) is 21.0. The average Bonchev–Trinajstić information content (AvgIpc) is 3.14. The van der Waals surface area contributed by atoms with Gasteiger partial charge in [-0.25, -0.2) is 0 Å². The molecular formula is C22H17N3O4S2. The minimum atomic E-state index is -0.493. The number of amides is 2. The van der Waals surface area contributed by atoms with E-state index >= 15 is 0 Å². The fourth-order valence-electron chi connectivity index (χ4n) is 3.59. The van der Waals surface area contributed by atoms with Crippen molar-refractivity contribution >= 4 is 57.6 Å². The van der Waals surface area contributed by atoms with Crippen LogP contribution in [-0.4, -0.2) is 32.0 Å². The predicted molar refractivity (Wildman–Crippen MR) is 124 cm³/mol. The molecule has 4 rings (SSSR count). The van der Waals surface area contributed by atoms with Gasteiger partial charge in [0.1, 0.15) is 5.70 Å². The van der Waals surface area contributed by atoms with Crippen LogP contribution in [0.4, 0.5) is 11.4 Å². The van der Waals surface area contributed by atoms with E-state index in [0.717, 1.165) is 23.0 Å². The van der Waals surface area contributed by atoms with Crippen LogP contribution in [0.25, 0.3) is 6.08 Å². The summed E-state index contributed by atoms with van der Waals surface area (Å²) in [6, 6.07) is 15.0. The quantitative estimate of drug-likeness (QED) is 0.294. The molecule has 1 atom stereocenters. The monoisotopic (exact) mass is 451 g/mol. The number of thioether (sulfide) groups is 1. The molecule has 0 aliphatic carbocycles. The highest BCUT2D eigenvalue weighted by Gasteiger charge is 2.45. The molecular weight excluding hydrogens is 434 g/mol. The van der Waals surface area contributed by atoms with Crippen molar-refractivity contribution in [2.75, 3.05) is 4.90 Å². The molecule has 0 bridgehead atoms. The second kappa shape index (κ2) is 8.09. The lowest BCUT2D eigenvalue weighted by molar-refractivity contribution is -0.384. The molecule has 9 heteroatoms. The van der Waals surface area contributed by atoms with Gasteiger partial charge in [-0.05, 0) is 43.2 Å². The number of nitrogens with zero attached hydrogens (tertiary/aromatic N) is 3. The summed E-state index contributed by atoms with van der Waals surface area (Å²) in [5.74, 6) is -0.699. The molecule has 0 N–H and O–H groups in total.